The first-order chi connectivity index (χ1) is 14.9. The maximum absolute atomic E-state index is 13.1. The van der Waals surface area contributed by atoms with Gasteiger partial charge in [0.05, 0.1) is 18.3 Å². The fourth-order valence-electron chi connectivity index (χ4n) is 2.86. The van der Waals surface area contributed by atoms with Crippen molar-refractivity contribution in [3.05, 3.63) is 64.9 Å². The monoisotopic (exact) mass is 450 g/mol. The number of halogens is 3. The van der Waals surface area contributed by atoms with Gasteiger partial charge in [-0.05, 0) is 24.1 Å². The number of hydrogen-bond donors (Lipinski definition) is 3. The lowest BCUT2D eigenvalue weighted by molar-refractivity contribution is -0.133. The van der Waals surface area contributed by atoms with Gasteiger partial charge in [0.25, 0.3) is 5.91 Å². The van der Waals surface area contributed by atoms with Crippen LogP contribution in [-0.4, -0.2) is 40.1 Å². The molecule has 2 heterocycles. The third-order valence-electron chi connectivity index (χ3n) is 4.53. The van der Waals surface area contributed by atoms with E-state index in [9.17, 15) is 23.1 Å². The molecule has 0 fully saturated rings. The number of aromatic nitrogens is 2. The standard InChI is InChI=1S/C21H21F3N4O2S/c1-12-9-26-21(31-12)27-11-16-7-6-15(10-25-16)13-2-4-14(5-3-13)18(29)17(8-22)28-20(30)19(23)24/h2-7,9-10,17-19,29H,8,11H2,1H3,(H,26,27)(H,28,30)/t17-,18+/m1/s1. The minimum absolute atomic E-state index is 0.300. The van der Waals surface area contributed by atoms with E-state index in [1.807, 2.05) is 24.4 Å². The Bertz CT molecular complexity index is 997. The number of rotatable bonds is 9. The number of carbonyl (C=O) groups is 1. The zero-order valence-corrected chi connectivity index (χ0v) is 17.4. The van der Waals surface area contributed by atoms with Gasteiger partial charge in [-0.2, -0.15) is 8.78 Å². The van der Waals surface area contributed by atoms with Crippen molar-refractivity contribution in [3.8, 4) is 11.1 Å². The molecule has 0 aliphatic heterocycles. The van der Waals surface area contributed by atoms with Crippen molar-refractivity contribution in [2.75, 3.05) is 12.0 Å². The van der Waals surface area contributed by atoms with Gasteiger partial charge in [0.15, 0.2) is 5.13 Å². The molecule has 3 aromatic rings. The highest BCUT2D eigenvalue weighted by molar-refractivity contribution is 7.15. The smallest absolute Gasteiger partial charge is 0.315 e. The lowest BCUT2D eigenvalue weighted by Gasteiger charge is -2.22. The summed E-state index contributed by atoms with van der Waals surface area (Å²) in [6.45, 7) is 1.34. The average Bonchev–Trinajstić information content (AvgIpc) is 3.21. The van der Waals surface area contributed by atoms with E-state index in [1.54, 1.807) is 48.0 Å². The van der Waals surface area contributed by atoms with Crippen LogP contribution in [0.4, 0.5) is 18.3 Å². The van der Waals surface area contributed by atoms with Crippen molar-refractivity contribution in [3.63, 3.8) is 0 Å². The van der Waals surface area contributed by atoms with Crippen LogP contribution < -0.4 is 10.6 Å². The summed E-state index contributed by atoms with van der Waals surface area (Å²) in [4.78, 5) is 20.9. The van der Waals surface area contributed by atoms with Crippen molar-refractivity contribution < 1.29 is 23.1 Å². The van der Waals surface area contributed by atoms with E-state index >= 15 is 0 Å². The molecule has 3 N–H and O–H groups in total. The molecule has 0 unspecified atom stereocenters. The van der Waals surface area contributed by atoms with Crippen LogP contribution in [0.25, 0.3) is 11.1 Å². The molecule has 1 aromatic carbocycles. The van der Waals surface area contributed by atoms with Gasteiger partial charge >= 0.3 is 6.43 Å². The van der Waals surface area contributed by atoms with Crippen LogP contribution in [0.5, 0.6) is 0 Å². The molecule has 3 rings (SSSR count). The van der Waals surface area contributed by atoms with Gasteiger partial charge in [-0.1, -0.05) is 30.3 Å². The van der Waals surface area contributed by atoms with E-state index in [0.29, 0.717) is 12.1 Å². The Hall–Kier alpha value is -2.98. The Labute approximate surface area is 181 Å². The van der Waals surface area contributed by atoms with Gasteiger partial charge in [0.2, 0.25) is 0 Å². The first-order valence-electron chi connectivity index (χ1n) is 9.41. The largest absolute Gasteiger partial charge is 0.386 e. The average molecular weight is 450 g/mol. The summed E-state index contributed by atoms with van der Waals surface area (Å²) < 4.78 is 37.9. The van der Waals surface area contributed by atoms with Gasteiger partial charge in [-0.25, -0.2) is 9.37 Å². The number of alkyl halides is 3. The molecule has 0 saturated carbocycles. The highest BCUT2D eigenvalue weighted by atomic mass is 32.1. The van der Waals surface area contributed by atoms with Crippen LogP contribution in [0.15, 0.2) is 48.8 Å². The lowest BCUT2D eigenvalue weighted by Crippen LogP contribution is -2.43. The zero-order valence-electron chi connectivity index (χ0n) is 16.6. The quantitative estimate of drug-likeness (QED) is 0.461. The maximum atomic E-state index is 13.1. The summed E-state index contributed by atoms with van der Waals surface area (Å²) in [5.74, 6) is -1.62. The van der Waals surface area contributed by atoms with Crippen molar-refractivity contribution in [2.24, 2.45) is 0 Å². The summed E-state index contributed by atoms with van der Waals surface area (Å²) in [6, 6.07) is 8.84. The molecule has 2 aromatic heterocycles. The second-order valence-electron chi connectivity index (χ2n) is 6.80. The Balaban J connectivity index is 1.63. The number of hydrogen-bond acceptors (Lipinski definition) is 6. The molecule has 0 radical (unpaired) electrons. The molecular weight excluding hydrogens is 429 g/mol. The number of anilines is 1. The first-order valence-corrected chi connectivity index (χ1v) is 10.2. The molecule has 6 nitrogen and oxygen atoms in total. The van der Waals surface area contributed by atoms with E-state index in [2.05, 4.69) is 15.3 Å². The summed E-state index contributed by atoms with van der Waals surface area (Å²) in [6.07, 6.45) is -1.22. The normalized spacial score (nSPS) is 13.1. The molecule has 0 spiro atoms. The summed E-state index contributed by atoms with van der Waals surface area (Å²) in [5, 5.41) is 16.1. The fourth-order valence-corrected chi connectivity index (χ4v) is 3.52. The third-order valence-corrected chi connectivity index (χ3v) is 5.40. The van der Waals surface area contributed by atoms with Gasteiger partial charge < -0.3 is 15.7 Å². The van der Waals surface area contributed by atoms with Gasteiger partial charge in [0.1, 0.15) is 12.8 Å². The number of pyridine rings is 1. The minimum Gasteiger partial charge on any atom is -0.386 e. The number of aliphatic hydroxyl groups excluding tert-OH is 1. The Morgan fingerprint density at radius 1 is 1.10 bits per heavy atom. The number of amides is 1. The predicted molar refractivity (Wildman–Crippen MR) is 113 cm³/mol. The highest BCUT2D eigenvalue weighted by Crippen LogP contribution is 2.24. The van der Waals surface area contributed by atoms with Crippen LogP contribution in [0.3, 0.4) is 0 Å². The molecule has 164 valence electrons. The van der Waals surface area contributed by atoms with E-state index in [1.165, 1.54) is 0 Å². The minimum atomic E-state index is -3.28. The van der Waals surface area contributed by atoms with E-state index in [-0.39, 0.29) is 0 Å². The number of aryl methyl sites for hydroxylation is 1. The Morgan fingerprint density at radius 3 is 2.35 bits per heavy atom. The number of thiazole rings is 1. The van der Waals surface area contributed by atoms with Crippen molar-refractivity contribution in [1.29, 1.82) is 0 Å². The molecule has 0 saturated heterocycles. The summed E-state index contributed by atoms with van der Waals surface area (Å²) in [5.41, 5.74) is 2.78. The van der Waals surface area contributed by atoms with E-state index in [4.69, 9.17) is 0 Å². The zero-order chi connectivity index (χ0) is 22.4. The summed E-state index contributed by atoms with van der Waals surface area (Å²) in [7, 11) is 0. The molecule has 10 heteroatoms. The second kappa shape index (κ2) is 10.4. The van der Waals surface area contributed by atoms with Crippen molar-refractivity contribution in [1.82, 2.24) is 15.3 Å². The fraction of sp³-hybridized carbons (Fsp3) is 0.286. The van der Waals surface area contributed by atoms with Crippen LogP contribution in [0, 0.1) is 6.92 Å². The Morgan fingerprint density at radius 2 is 1.81 bits per heavy atom. The topological polar surface area (TPSA) is 87.1 Å². The molecule has 0 bridgehead atoms. The molecular formula is C21H21F3N4O2S. The summed E-state index contributed by atoms with van der Waals surface area (Å²) >= 11 is 1.56. The van der Waals surface area contributed by atoms with Gasteiger partial charge in [0, 0.05) is 22.8 Å². The van der Waals surface area contributed by atoms with Crippen LogP contribution in [-0.2, 0) is 11.3 Å². The third kappa shape index (κ3) is 6.02. The van der Waals surface area contributed by atoms with Crippen molar-refractivity contribution in [2.45, 2.75) is 32.0 Å². The SMILES string of the molecule is Cc1cnc(NCc2ccc(-c3ccc([C@H](O)[C@@H](CF)NC(=O)C(F)F)cc3)cn2)s1. The van der Waals surface area contributed by atoms with E-state index in [0.717, 1.165) is 26.8 Å². The number of nitrogens with one attached hydrogen (secondary N) is 2. The van der Waals surface area contributed by atoms with E-state index < -0.39 is 31.2 Å². The van der Waals surface area contributed by atoms with Gasteiger partial charge in [-0.3, -0.25) is 9.78 Å². The molecule has 0 aliphatic rings. The Kier molecular flexibility index (Phi) is 7.59. The molecule has 2 atom stereocenters. The molecule has 31 heavy (non-hydrogen) atoms. The molecule has 1 amide bonds. The second-order valence-corrected chi connectivity index (χ2v) is 8.04. The number of carbonyl (C=O) groups excluding carboxylic acids is 1. The van der Waals surface area contributed by atoms with Crippen LogP contribution >= 0.6 is 11.3 Å². The number of nitrogens with zero attached hydrogens (tertiary/aromatic N) is 2. The highest BCUT2D eigenvalue weighted by Gasteiger charge is 2.26. The number of aliphatic hydroxyl groups is 1. The maximum Gasteiger partial charge on any atom is 0.315 e. The van der Waals surface area contributed by atoms with Gasteiger partial charge in [-0.15, -0.1) is 11.3 Å². The van der Waals surface area contributed by atoms with Crippen LogP contribution in [0.2, 0.25) is 0 Å². The lowest BCUT2D eigenvalue weighted by atomic mass is 9.99. The predicted octanol–water partition coefficient (Wildman–Crippen LogP) is 3.88. The van der Waals surface area contributed by atoms with Crippen molar-refractivity contribution >= 4 is 22.4 Å². The number of benzene rings is 1. The first kappa shape index (κ1) is 22.7. The van der Waals surface area contributed by atoms with Crippen LogP contribution in [0.1, 0.15) is 22.2 Å². The molecule has 0 aliphatic carbocycles.